The number of nitrogens with zero attached hydrogens (tertiary/aromatic N) is 3. The van der Waals surface area contributed by atoms with E-state index in [0.29, 0.717) is 13.1 Å². The molecular formula is C24H25FN4O2. The highest BCUT2D eigenvalue weighted by Gasteiger charge is 2.12. The standard InChI is InChI=1S/C24H25FN4O2/c1-28(24(30)16-29-12-10-18-14-21(31-2)8-9-23(18)29)11-4-7-20-15-22(27-26-20)17-5-3-6-19(25)13-17/h3,5-6,8-10,12-15H,4,7,11,16H2,1-2H3,(H,26,27). The van der Waals surface area contributed by atoms with Gasteiger partial charge >= 0.3 is 0 Å². The normalized spacial score (nSPS) is 11.1. The molecule has 1 N–H and O–H groups in total. The van der Waals surface area contributed by atoms with Gasteiger partial charge in [-0.15, -0.1) is 0 Å². The summed E-state index contributed by atoms with van der Waals surface area (Å²) in [6.07, 6.45) is 3.48. The van der Waals surface area contributed by atoms with E-state index in [0.717, 1.165) is 46.4 Å². The number of ether oxygens (including phenoxy) is 1. The molecule has 0 saturated carbocycles. The predicted molar refractivity (Wildman–Crippen MR) is 118 cm³/mol. The summed E-state index contributed by atoms with van der Waals surface area (Å²) < 4.78 is 20.6. The molecule has 0 aliphatic heterocycles. The number of aryl methyl sites for hydroxylation is 1. The molecule has 2 aromatic heterocycles. The zero-order valence-corrected chi connectivity index (χ0v) is 17.6. The van der Waals surface area contributed by atoms with Crippen LogP contribution in [0, 0.1) is 5.82 Å². The maximum absolute atomic E-state index is 13.4. The molecule has 160 valence electrons. The van der Waals surface area contributed by atoms with E-state index >= 15 is 0 Å². The van der Waals surface area contributed by atoms with Crippen molar-refractivity contribution in [2.45, 2.75) is 19.4 Å². The lowest BCUT2D eigenvalue weighted by Crippen LogP contribution is -2.31. The molecule has 2 aromatic carbocycles. The lowest BCUT2D eigenvalue weighted by molar-refractivity contribution is -0.130. The van der Waals surface area contributed by atoms with Crippen LogP contribution in [0.25, 0.3) is 22.2 Å². The molecular weight excluding hydrogens is 395 g/mol. The van der Waals surface area contributed by atoms with Crippen LogP contribution in [0.15, 0.2) is 60.8 Å². The summed E-state index contributed by atoms with van der Waals surface area (Å²) in [4.78, 5) is 14.4. The molecule has 4 rings (SSSR count). The van der Waals surface area contributed by atoms with Crippen molar-refractivity contribution < 1.29 is 13.9 Å². The van der Waals surface area contributed by atoms with Gasteiger partial charge in [0.25, 0.3) is 0 Å². The number of methoxy groups -OCH3 is 1. The number of halogens is 1. The highest BCUT2D eigenvalue weighted by molar-refractivity contribution is 5.84. The Bertz CT molecular complexity index is 1200. The zero-order chi connectivity index (χ0) is 21.8. The first-order valence-corrected chi connectivity index (χ1v) is 10.2. The SMILES string of the molecule is COc1ccc2c(ccn2CC(=O)N(C)CCCc2cc(-c3cccc(F)c3)n[nH]2)c1. The first kappa shape index (κ1) is 20.7. The summed E-state index contributed by atoms with van der Waals surface area (Å²) in [5.74, 6) is 0.572. The van der Waals surface area contributed by atoms with Crippen molar-refractivity contribution in [3.8, 4) is 17.0 Å². The fraction of sp³-hybridized carbons (Fsp3) is 0.250. The van der Waals surface area contributed by atoms with Crippen LogP contribution in [0.4, 0.5) is 4.39 Å². The number of amides is 1. The summed E-state index contributed by atoms with van der Waals surface area (Å²) in [5.41, 5.74) is 3.43. The van der Waals surface area contributed by atoms with E-state index in [1.807, 2.05) is 54.2 Å². The van der Waals surface area contributed by atoms with E-state index in [9.17, 15) is 9.18 Å². The molecule has 1 amide bonds. The molecule has 0 aliphatic rings. The number of nitrogens with one attached hydrogen (secondary N) is 1. The molecule has 7 heteroatoms. The van der Waals surface area contributed by atoms with Crippen molar-refractivity contribution in [1.29, 1.82) is 0 Å². The van der Waals surface area contributed by atoms with Crippen LogP contribution in [0.5, 0.6) is 5.75 Å². The number of hydrogen-bond acceptors (Lipinski definition) is 3. The molecule has 0 fully saturated rings. The zero-order valence-electron chi connectivity index (χ0n) is 17.6. The maximum Gasteiger partial charge on any atom is 0.242 e. The second-order valence-electron chi connectivity index (χ2n) is 7.58. The highest BCUT2D eigenvalue weighted by atomic mass is 19.1. The largest absolute Gasteiger partial charge is 0.497 e. The quantitative estimate of drug-likeness (QED) is 0.463. The Morgan fingerprint density at radius 1 is 1.19 bits per heavy atom. The molecule has 0 aliphatic carbocycles. The van der Waals surface area contributed by atoms with Gasteiger partial charge in [-0.2, -0.15) is 5.10 Å². The number of hydrogen-bond donors (Lipinski definition) is 1. The van der Waals surface area contributed by atoms with Gasteiger partial charge in [0.15, 0.2) is 0 Å². The van der Waals surface area contributed by atoms with Gasteiger partial charge in [-0.25, -0.2) is 4.39 Å². The van der Waals surface area contributed by atoms with Crippen molar-refractivity contribution in [3.05, 3.63) is 72.3 Å². The molecule has 4 aromatic rings. The fourth-order valence-corrected chi connectivity index (χ4v) is 3.63. The van der Waals surface area contributed by atoms with E-state index in [1.165, 1.54) is 12.1 Å². The van der Waals surface area contributed by atoms with Crippen molar-refractivity contribution in [1.82, 2.24) is 19.7 Å². The van der Waals surface area contributed by atoms with Crippen molar-refractivity contribution in [2.75, 3.05) is 20.7 Å². The van der Waals surface area contributed by atoms with Crippen LogP contribution in [0.2, 0.25) is 0 Å². The van der Waals surface area contributed by atoms with Gasteiger partial charge in [-0.1, -0.05) is 12.1 Å². The second kappa shape index (κ2) is 9.04. The summed E-state index contributed by atoms with van der Waals surface area (Å²) in [6, 6.07) is 16.1. The third-order valence-corrected chi connectivity index (χ3v) is 5.40. The van der Waals surface area contributed by atoms with E-state index in [-0.39, 0.29) is 11.7 Å². The predicted octanol–water partition coefficient (Wildman–Crippen LogP) is 4.27. The van der Waals surface area contributed by atoms with Crippen molar-refractivity contribution in [3.63, 3.8) is 0 Å². The molecule has 31 heavy (non-hydrogen) atoms. The number of aromatic nitrogens is 3. The molecule has 0 radical (unpaired) electrons. The monoisotopic (exact) mass is 420 g/mol. The van der Waals surface area contributed by atoms with E-state index < -0.39 is 0 Å². The van der Waals surface area contributed by atoms with Crippen LogP contribution in [0.1, 0.15) is 12.1 Å². The average Bonchev–Trinajstić information content (AvgIpc) is 3.40. The number of fused-ring (bicyclic) bond motifs is 1. The molecule has 0 spiro atoms. The Labute approximate surface area is 180 Å². The first-order chi connectivity index (χ1) is 15.0. The third-order valence-electron chi connectivity index (χ3n) is 5.40. The third kappa shape index (κ3) is 4.77. The fourth-order valence-electron chi connectivity index (χ4n) is 3.63. The highest BCUT2D eigenvalue weighted by Crippen LogP contribution is 2.22. The Morgan fingerprint density at radius 3 is 2.87 bits per heavy atom. The van der Waals surface area contributed by atoms with Crippen molar-refractivity contribution in [2.24, 2.45) is 0 Å². The Balaban J connectivity index is 1.30. The molecule has 0 saturated heterocycles. The number of carbonyl (C=O) groups is 1. The minimum absolute atomic E-state index is 0.0541. The van der Waals surface area contributed by atoms with Gasteiger partial charge in [-0.05, 0) is 55.3 Å². The summed E-state index contributed by atoms with van der Waals surface area (Å²) in [7, 11) is 3.46. The number of benzene rings is 2. The molecule has 0 bridgehead atoms. The number of rotatable bonds is 8. The molecule has 0 atom stereocenters. The Kier molecular flexibility index (Phi) is 6.02. The minimum atomic E-state index is -0.281. The lowest BCUT2D eigenvalue weighted by Gasteiger charge is -2.17. The summed E-state index contributed by atoms with van der Waals surface area (Å²) in [5, 5.41) is 8.31. The molecule has 2 heterocycles. The van der Waals surface area contributed by atoms with Gasteiger partial charge in [0, 0.05) is 41.9 Å². The first-order valence-electron chi connectivity index (χ1n) is 10.2. The van der Waals surface area contributed by atoms with Gasteiger partial charge in [-0.3, -0.25) is 9.89 Å². The van der Waals surface area contributed by atoms with Crippen LogP contribution < -0.4 is 4.74 Å². The van der Waals surface area contributed by atoms with Crippen molar-refractivity contribution >= 4 is 16.8 Å². The average molecular weight is 420 g/mol. The number of H-pyrrole nitrogens is 1. The Morgan fingerprint density at radius 2 is 2.06 bits per heavy atom. The van der Waals surface area contributed by atoms with Gasteiger partial charge in [0.2, 0.25) is 5.91 Å². The molecule has 0 unspecified atom stereocenters. The van der Waals surface area contributed by atoms with Crippen LogP contribution in [-0.4, -0.2) is 46.3 Å². The minimum Gasteiger partial charge on any atom is -0.497 e. The summed E-state index contributed by atoms with van der Waals surface area (Å²) in [6.45, 7) is 0.931. The second-order valence-corrected chi connectivity index (χ2v) is 7.58. The van der Waals surface area contributed by atoms with Gasteiger partial charge < -0.3 is 14.2 Å². The topological polar surface area (TPSA) is 63.1 Å². The number of aromatic amines is 1. The van der Waals surface area contributed by atoms with E-state index in [2.05, 4.69) is 10.2 Å². The lowest BCUT2D eigenvalue weighted by atomic mass is 10.1. The Hall–Kier alpha value is -3.61. The smallest absolute Gasteiger partial charge is 0.242 e. The number of likely N-dealkylation sites (N-methyl/N-ethyl adjacent to an activating group) is 1. The number of carbonyl (C=O) groups excluding carboxylic acids is 1. The maximum atomic E-state index is 13.4. The molecule has 6 nitrogen and oxygen atoms in total. The van der Waals surface area contributed by atoms with Crippen LogP contribution >= 0.6 is 0 Å². The van der Waals surface area contributed by atoms with Crippen LogP contribution in [-0.2, 0) is 17.8 Å². The van der Waals surface area contributed by atoms with E-state index in [4.69, 9.17) is 4.74 Å². The van der Waals surface area contributed by atoms with E-state index in [1.54, 1.807) is 18.1 Å². The summed E-state index contributed by atoms with van der Waals surface area (Å²) >= 11 is 0. The van der Waals surface area contributed by atoms with Gasteiger partial charge in [0.05, 0.1) is 12.8 Å². The van der Waals surface area contributed by atoms with Crippen LogP contribution in [0.3, 0.4) is 0 Å². The van der Waals surface area contributed by atoms with Gasteiger partial charge in [0.1, 0.15) is 18.1 Å².